The zero-order chi connectivity index (χ0) is 16.7. The smallest absolute Gasteiger partial charge is 0.178 e. The number of carbonyl (C=O) groups excluding carboxylic acids is 2. The molecule has 0 spiro atoms. The number of fused-ring (bicyclic) bond motifs is 3. The van der Waals surface area contributed by atoms with E-state index in [9.17, 15) is 14.0 Å². The average molecular weight is 316 g/mol. The van der Waals surface area contributed by atoms with Crippen LogP contribution in [0.5, 0.6) is 0 Å². The molecule has 0 N–H and O–H groups in total. The standard InChI is InChI=1S/C21H13FO2/c22-14-7-5-6-13(12-14)19-20(23)17-10-3-1-8-15(17)16-9-2-4-11-18(16)21(19)24/h1-12,19H. The fraction of sp³-hybridized carbons (Fsp3) is 0.0476. The van der Waals surface area contributed by atoms with Crippen molar-refractivity contribution in [2.24, 2.45) is 0 Å². The number of hydrogen-bond donors (Lipinski definition) is 0. The lowest BCUT2D eigenvalue weighted by Gasteiger charge is -2.13. The fourth-order valence-corrected chi connectivity index (χ4v) is 3.28. The van der Waals surface area contributed by atoms with Crippen LogP contribution < -0.4 is 0 Å². The Morgan fingerprint density at radius 3 is 1.62 bits per heavy atom. The Bertz CT molecular complexity index is 917. The molecule has 0 heterocycles. The first-order valence-corrected chi connectivity index (χ1v) is 7.69. The van der Waals surface area contributed by atoms with E-state index in [1.165, 1.54) is 18.2 Å². The predicted octanol–water partition coefficient (Wildman–Crippen LogP) is 4.66. The van der Waals surface area contributed by atoms with Crippen LogP contribution in [-0.2, 0) is 0 Å². The molecule has 0 aromatic heterocycles. The molecule has 0 radical (unpaired) electrons. The Labute approximate surface area is 138 Å². The van der Waals surface area contributed by atoms with E-state index in [1.54, 1.807) is 30.3 Å². The number of Topliss-reactive ketones (excluding diaryl/α,β-unsaturated/α-hetero) is 2. The maximum absolute atomic E-state index is 13.6. The van der Waals surface area contributed by atoms with Gasteiger partial charge in [0.1, 0.15) is 11.7 Å². The molecule has 1 aliphatic carbocycles. The minimum atomic E-state index is -1.02. The Hall–Kier alpha value is -3.07. The summed E-state index contributed by atoms with van der Waals surface area (Å²) in [5.74, 6) is -2.07. The van der Waals surface area contributed by atoms with Crippen molar-refractivity contribution in [2.45, 2.75) is 5.92 Å². The number of halogens is 1. The number of hydrogen-bond acceptors (Lipinski definition) is 2. The molecule has 116 valence electrons. The van der Waals surface area contributed by atoms with Gasteiger partial charge in [0, 0.05) is 11.1 Å². The highest BCUT2D eigenvalue weighted by atomic mass is 19.1. The number of carbonyl (C=O) groups is 2. The maximum Gasteiger partial charge on any atom is 0.178 e. The van der Waals surface area contributed by atoms with Crippen molar-refractivity contribution in [3.05, 3.63) is 95.3 Å². The van der Waals surface area contributed by atoms with Gasteiger partial charge in [0.05, 0.1) is 0 Å². The highest BCUT2D eigenvalue weighted by Crippen LogP contribution is 2.37. The van der Waals surface area contributed by atoms with Crippen molar-refractivity contribution in [1.82, 2.24) is 0 Å². The largest absolute Gasteiger partial charge is 0.293 e. The lowest BCUT2D eigenvalue weighted by atomic mass is 9.86. The Balaban J connectivity index is 2.02. The summed E-state index contributed by atoms with van der Waals surface area (Å²) in [6.07, 6.45) is 0. The van der Waals surface area contributed by atoms with E-state index in [0.717, 1.165) is 11.1 Å². The van der Waals surface area contributed by atoms with E-state index in [1.807, 2.05) is 24.3 Å². The summed E-state index contributed by atoms with van der Waals surface area (Å²) < 4.78 is 13.6. The molecule has 24 heavy (non-hydrogen) atoms. The van der Waals surface area contributed by atoms with Gasteiger partial charge < -0.3 is 0 Å². The molecule has 0 saturated carbocycles. The van der Waals surface area contributed by atoms with E-state index in [0.29, 0.717) is 16.7 Å². The number of benzene rings is 3. The molecule has 0 fully saturated rings. The van der Waals surface area contributed by atoms with Crippen LogP contribution >= 0.6 is 0 Å². The zero-order valence-electron chi connectivity index (χ0n) is 12.7. The monoisotopic (exact) mass is 316 g/mol. The molecular weight excluding hydrogens is 303 g/mol. The highest BCUT2D eigenvalue weighted by molar-refractivity contribution is 6.26. The molecule has 0 atom stereocenters. The molecule has 3 heteroatoms. The first-order chi connectivity index (χ1) is 11.7. The SMILES string of the molecule is O=C1c2ccccc2-c2ccccc2C(=O)C1c1cccc(F)c1. The van der Waals surface area contributed by atoms with Gasteiger partial charge in [-0.05, 0) is 28.8 Å². The van der Waals surface area contributed by atoms with E-state index < -0.39 is 11.7 Å². The summed E-state index contributed by atoms with van der Waals surface area (Å²) in [6, 6.07) is 20.1. The summed E-state index contributed by atoms with van der Waals surface area (Å²) in [7, 11) is 0. The topological polar surface area (TPSA) is 34.1 Å². The molecule has 1 aliphatic rings. The third-order valence-corrected chi connectivity index (χ3v) is 4.38. The first kappa shape index (κ1) is 14.5. The van der Waals surface area contributed by atoms with Crippen molar-refractivity contribution in [2.75, 3.05) is 0 Å². The summed E-state index contributed by atoms with van der Waals surface area (Å²) in [4.78, 5) is 26.2. The average Bonchev–Trinajstić information content (AvgIpc) is 2.70. The second-order valence-electron chi connectivity index (χ2n) is 5.81. The lowest BCUT2D eigenvalue weighted by Crippen LogP contribution is -2.21. The van der Waals surface area contributed by atoms with Crippen molar-refractivity contribution >= 4 is 11.6 Å². The molecular formula is C21H13FO2. The Morgan fingerprint density at radius 2 is 1.12 bits per heavy atom. The summed E-state index contributed by atoms with van der Waals surface area (Å²) in [6.45, 7) is 0. The summed E-state index contributed by atoms with van der Waals surface area (Å²) in [5, 5.41) is 0. The second kappa shape index (κ2) is 5.53. The van der Waals surface area contributed by atoms with Gasteiger partial charge in [0.2, 0.25) is 0 Å². The van der Waals surface area contributed by atoms with Gasteiger partial charge in [-0.2, -0.15) is 0 Å². The van der Waals surface area contributed by atoms with Crippen molar-refractivity contribution in [1.29, 1.82) is 0 Å². The predicted molar refractivity (Wildman–Crippen MR) is 89.7 cm³/mol. The van der Waals surface area contributed by atoms with Gasteiger partial charge in [-0.15, -0.1) is 0 Å². The number of ketones is 2. The van der Waals surface area contributed by atoms with Crippen LogP contribution in [0.2, 0.25) is 0 Å². The van der Waals surface area contributed by atoms with Gasteiger partial charge in [-0.1, -0.05) is 60.7 Å². The molecule has 0 aliphatic heterocycles. The quantitative estimate of drug-likeness (QED) is 0.612. The van der Waals surface area contributed by atoms with Crippen LogP contribution in [0.4, 0.5) is 4.39 Å². The third-order valence-electron chi connectivity index (χ3n) is 4.38. The van der Waals surface area contributed by atoms with Crippen molar-refractivity contribution < 1.29 is 14.0 Å². The maximum atomic E-state index is 13.6. The Morgan fingerprint density at radius 1 is 0.625 bits per heavy atom. The minimum Gasteiger partial charge on any atom is -0.293 e. The van der Waals surface area contributed by atoms with Gasteiger partial charge in [0.15, 0.2) is 11.6 Å². The molecule has 3 aromatic rings. The van der Waals surface area contributed by atoms with Crippen molar-refractivity contribution in [3.8, 4) is 11.1 Å². The molecule has 4 rings (SSSR count). The summed E-state index contributed by atoms with van der Waals surface area (Å²) in [5.41, 5.74) is 2.85. The van der Waals surface area contributed by atoms with Gasteiger partial charge in [0.25, 0.3) is 0 Å². The van der Waals surface area contributed by atoms with E-state index in [4.69, 9.17) is 0 Å². The Kier molecular flexibility index (Phi) is 3.35. The number of rotatable bonds is 1. The molecule has 0 bridgehead atoms. The minimum absolute atomic E-state index is 0.294. The van der Waals surface area contributed by atoms with Crippen LogP contribution in [0.3, 0.4) is 0 Å². The normalized spacial score (nSPS) is 14.0. The van der Waals surface area contributed by atoms with Gasteiger partial charge in [-0.3, -0.25) is 9.59 Å². The molecule has 2 nitrogen and oxygen atoms in total. The second-order valence-corrected chi connectivity index (χ2v) is 5.81. The van der Waals surface area contributed by atoms with Crippen LogP contribution in [0.15, 0.2) is 72.8 Å². The fourth-order valence-electron chi connectivity index (χ4n) is 3.28. The molecule has 3 aromatic carbocycles. The van der Waals surface area contributed by atoms with Gasteiger partial charge >= 0.3 is 0 Å². The van der Waals surface area contributed by atoms with Crippen LogP contribution in [0, 0.1) is 5.82 Å². The molecule has 0 saturated heterocycles. The van der Waals surface area contributed by atoms with E-state index >= 15 is 0 Å². The lowest BCUT2D eigenvalue weighted by molar-refractivity contribution is 0.0863. The van der Waals surface area contributed by atoms with Crippen LogP contribution in [-0.4, -0.2) is 11.6 Å². The van der Waals surface area contributed by atoms with Crippen molar-refractivity contribution in [3.63, 3.8) is 0 Å². The van der Waals surface area contributed by atoms with E-state index in [2.05, 4.69) is 0 Å². The highest BCUT2D eigenvalue weighted by Gasteiger charge is 2.36. The summed E-state index contributed by atoms with van der Waals surface area (Å²) >= 11 is 0. The van der Waals surface area contributed by atoms with E-state index in [-0.39, 0.29) is 11.6 Å². The zero-order valence-corrected chi connectivity index (χ0v) is 12.7. The molecule has 0 amide bonds. The first-order valence-electron chi connectivity index (χ1n) is 7.69. The molecule has 0 unspecified atom stereocenters. The van der Waals surface area contributed by atoms with Gasteiger partial charge in [-0.25, -0.2) is 4.39 Å². The third kappa shape index (κ3) is 2.17. The van der Waals surface area contributed by atoms with Crippen LogP contribution in [0.25, 0.3) is 11.1 Å². The van der Waals surface area contributed by atoms with Crippen LogP contribution in [0.1, 0.15) is 32.2 Å².